The molecule has 2 aromatic rings. The van der Waals surface area contributed by atoms with Crippen molar-refractivity contribution >= 4 is 16.9 Å². The van der Waals surface area contributed by atoms with Crippen LogP contribution in [0.4, 0.5) is 0 Å². The molecule has 0 fully saturated rings. The second-order valence-electron chi connectivity index (χ2n) is 3.83. The Balaban J connectivity index is 2.76. The Morgan fingerprint density at radius 3 is 2.75 bits per heavy atom. The number of benzene rings is 1. The van der Waals surface area contributed by atoms with E-state index in [1.165, 1.54) is 6.92 Å². The van der Waals surface area contributed by atoms with E-state index in [-0.39, 0.29) is 5.97 Å². The van der Waals surface area contributed by atoms with Crippen LogP contribution in [0.3, 0.4) is 0 Å². The van der Waals surface area contributed by atoms with Gasteiger partial charge in [-0.2, -0.15) is 0 Å². The van der Waals surface area contributed by atoms with Gasteiger partial charge >= 0.3 is 5.97 Å². The molecule has 0 aliphatic heterocycles. The fourth-order valence-electron chi connectivity index (χ4n) is 1.83. The van der Waals surface area contributed by atoms with Crippen LogP contribution in [0, 0.1) is 13.8 Å². The molecule has 0 saturated carbocycles. The minimum atomic E-state index is -0.320. The van der Waals surface area contributed by atoms with Gasteiger partial charge in [0.1, 0.15) is 5.52 Å². The molecule has 0 N–H and O–H groups in total. The number of esters is 1. The summed E-state index contributed by atoms with van der Waals surface area (Å²) in [7, 11) is 0. The zero-order valence-electron chi connectivity index (χ0n) is 9.57. The number of carbonyl (C=O) groups is 1. The Hall–Kier alpha value is -1.90. The quantitative estimate of drug-likeness (QED) is 0.542. The molecule has 3 nitrogen and oxygen atoms in total. The lowest BCUT2D eigenvalue weighted by atomic mass is 10.1. The van der Waals surface area contributed by atoms with Crippen LogP contribution in [0.25, 0.3) is 10.9 Å². The van der Waals surface area contributed by atoms with Gasteiger partial charge in [-0.15, -0.1) is 0 Å². The van der Waals surface area contributed by atoms with Crippen molar-refractivity contribution < 1.29 is 9.53 Å². The van der Waals surface area contributed by atoms with Gasteiger partial charge in [-0.05, 0) is 31.0 Å². The predicted molar refractivity (Wildman–Crippen MR) is 62.5 cm³/mol. The number of ether oxygens (including phenoxy) is 1. The van der Waals surface area contributed by atoms with Crippen LogP contribution in [0.5, 0.6) is 5.75 Å². The molecule has 82 valence electrons. The Kier molecular flexibility index (Phi) is 2.60. The fraction of sp³-hybridized carbons (Fsp3) is 0.231. The molecule has 1 heterocycles. The lowest BCUT2D eigenvalue weighted by Crippen LogP contribution is -2.04. The minimum absolute atomic E-state index is 0.320. The second-order valence-corrected chi connectivity index (χ2v) is 3.83. The average Bonchev–Trinajstić information content (AvgIpc) is 2.24. The van der Waals surface area contributed by atoms with Crippen molar-refractivity contribution in [2.24, 2.45) is 0 Å². The van der Waals surface area contributed by atoms with Crippen molar-refractivity contribution in [3.63, 3.8) is 0 Å². The zero-order chi connectivity index (χ0) is 11.7. The van der Waals surface area contributed by atoms with Gasteiger partial charge in [0.2, 0.25) is 0 Å². The molecule has 0 saturated heterocycles. The molecule has 0 atom stereocenters. The number of pyridine rings is 1. The van der Waals surface area contributed by atoms with Gasteiger partial charge in [-0.25, -0.2) is 0 Å². The third-order valence-corrected chi connectivity index (χ3v) is 2.48. The number of aromatic nitrogens is 1. The highest BCUT2D eigenvalue weighted by Crippen LogP contribution is 2.30. The van der Waals surface area contributed by atoms with Gasteiger partial charge in [0.05, 0.1) is 0 Å². The highest BCUT2D eigenvalue weighted by Gasteiger charge is 2.11. The van der Waals surface area contributed by atoms with Gasteiger partial charge in [0.25, 0.3) is 0 Å². The first-order valence-corrected chi connectivity index (χ1v) is 5.13. The first-order valence-electron chi connectivity index (χ1n) is 5.13. The van der Waals surface area contributed by atoms with E-state index in [9.17, 15) is 4.79 Å². The molecular weight excluding hydrogens is 202 g/mol. The van der Waals surface area contributed by atoms with Crippen molar-refractivity contribution in [2.45, 2.75) is 20.8 Å². The van der Waals surface area contributed by atoms with E-state index in [1.54, 1.807) is 6.20 Å². The maximum absolute atomic E-state index is 11.0. The average molecular weight is 215 g/mol. The van der Waals surface area contributed by atoms with Crippen LogP contribution < -0.4 is 4.74 Å². The first kappa shape index (κ1) is 10.6. The molecule has 0 amide bonds. The number of nitrogens with zero attached hydrogens (tertiary/aromatic N) is 1. The summed E-state index contributed by atoms with van der Waals surface area (Å²) < 4.78 is 5.21. The minimum Gasteiger partial charge on any atom is -0.424 e. The van der Waals surface area contributed by atoms with E-state index in [1.807, 2.05) is 32.0 Å². The van der Waals surface area contributed by atoms with Crippen molar-refractivity contribution in [1.29, 1.82) is 0 Å². The molecule has 16 heavy (non-hydrogen) atoms. The summed E-state index contributed by atoms with van der Waals surface area (Å²) in [5, 5.41) is 1.02. The van der Waals surface area contributed by atoms with Crippen molar-refractivity contribution in [3.8, 4) is 5.75 Å². The monoisotopic (exact) mass is 215 g/mol. The first-order chi connectivity index (χ1) is 7.59. The third kappa shape index (κ3) is 1.76. The number of aryl methyl sites for hydroxylation is 2. The standard InChI is InChI=1S/C13H13NO2/c1-8-7-9(2)13(16-10(3)15)12-11(8)5-4-6-14-12/h4-7H,1-3H3. The van der Waals surface area contributed by atoms with E-state index >= 15 is 0 Å². The van der Waals surface area contributed by atoms with E-state index < -0.39 is 0 Å². The number of carbonyl (C=O) groups excluding carboxylic acids is 1. The summed E-state index contributed by atoms with van der Waals surface area (Å²) in [5.41, 5.74) is 2.81. The molecule has 0 radical (unpaired) electrons. The Morgan fingerprint density at radius 2 is 2.06 bits per heavy atom. The third-order valence-electron chi connectivity index (χ3n) is 2.48. The molecule has 0 spiro atoms. The van der Waals surface area contributed by atoms with Gasteiger partial charge in [-0.1, -0.05) is 12.1 Å². The van der Waals surface area contributed by atoms with Crippen LogP contribution in [-0.2, 0) is 4.79 Å². The van der Waals surface area contributed by atoms with Gasteiger partial charge in [0, 0.05) is 18.5 Å². The van der Waals surface area contributed by atoms with Crippen LogP contribution in [0.2, 0.25) is 0 Å². The van der Waals surface area contributed by atoms with Gasteiger partial charge < -0.3 is 4.74 Å². The maximum atomic E-state index is 11.0. The number of hydrogen-bond donors (Lipinski definition) is 0. The normalized spacial score (nSPS) is 10.4. The summed E-state index contributed by atoms with van der Waals surface area (Å²) >= 11 is 0. The maximum Gasteiger partial charge on any atom is 0.308 e. The van der Waals surface area contributed by atoms with E-state index in [0.717, 1.165) is 22.0 Å². The highest BCUT2D eigenvalue weighted by atomic mass is 16.5. The SMILES string of the molecule is CC(=O)Oc1c(C)cc(C)c2cccnc12. The molecule has 0 aliphatic carbocycles. The second kappa shape index (κ2) is 3.93. The lowest BCUT2D eigenvalue weighted by Gasteiger charge is -2.10. The molecule has 1 aromatic carbocycles. The highest BCUT2D eigenvalue weighted by molar-refractivity contribution is 5.90. The number of hydrogen-bond acceptors (Lipinski definition) is 3. The van der Waals surface area contributed by atoms with Gasteiger partial charge in [-0.3, -0.25) is 9.78 Å². The molecule has 1 aromatic heterocycles. The summed E-state index contributed by atoms with van der Waals surface area (Å²) in [6.07, 6.45) is 1.70. The van der Waals surface area contributed by atoms with Crippen molar-refractivity contribution in [1.82, 2.24) is 4.98 Å². The molecule has 0 unspecified atom stereocenters. The van der Waals surface area contributed by atoms with Crippen molar-refractivity contribution in [2.75, 3.05) is 0 Å². The topological polar surface area (TPSA) is 39.2 Å². The van der Waals surface area contributed by atoms with Crippen LogP contribution in [0.15, 0.2) is 24.4 Å². The fourth-order valence-corrected chi connectivity index (χ4v) is 1.83. The molecular formula is C13H13NO2. The molecule has 3 heteroatoms. The summed E-state index contributed by atoms with van der Waals surface area (Å²) in [5.74, 6) is 0.243. The number of fused-ring (bicyclic) bond motifs is 1. The lowest BCUT2D eigenvalue weighted by molar-refractivity contribution is -0.131. The summed E-state index contributed by atoms with van der Waals surface area (Å²) in [4.78, 5) is 15.3. The molecule has 0 aliphatic rings. The summed E-state index contributed by atoms with van der Waals surface area (Å²) in [6, 6.07) is 5.86. The van der Waals surface area contributed by atoms with Crippen molar-refractivity contribution in [3.05, 3.63) is 35.5 Å². The molecule has 0 bridgehead atoms. The Labute approximate surface area is 94.1 Å². The summed E-state index contributed by atoms with van der Waals surface area (Å²) in [6.45, 7) is 5.34. The Bertz CT molecular complexity index is 561. The zero-order valence-corrected chi connectivity index (χ0v) is 9.57. The van der Waals surface area contributed by atoms with Gasteiger partial charge in [0.15, 0.2) is 5.75 Å². The van der Waals surface area contributed by atoms with Crippen LogP contribution in [0.1, 0.15) is 18.1 Å². The smallest absolute Gasteiger partial charge is 0.308 e. The predicted octanol–water partition coefficient (Wildman–Crippen LogP) is 2.78. The molecule has 2 rings (SSSR count). The number of rotatable bonds is 1. The Morgan fingerprint density at radius 1 is 1.31 bits per heavy atom. The van der Waals surface area contributed by atoms with E-state index in [0.29, 0.717) is 5.75 Å². The van der Waals surface area contributed by atoms with Crippen LogP contribution >= 0.6 is 0 Å². The van der Waals surface area contributed by atoms with Crippen LogP contribution in [-0.4, -0.2) is 11.0 Å². The largest absolute Gasteiger partial charge is 0.424 e. The van der Waals surface area contributed by atoms with E-state index in [4.69, 9.17) is 4.74 Å². The van der Waals surface area contributed by atoms with E-state index in [2.05, 4.69) is 4.98 Å².